The Morgan fingerprint density at radius 1 is 0.920 bits per heavy atom. The number of hydrogen-bond acceptors (Lipinski definition) is 2. The van der Waals surface area contributed by atoms with E-state index in [-0.39, 0.29) is 18.0 Å². The molecule has 1 amide bonds. The molecule has 1 aliphatic rings. The zero-order chi connectivity index (χ0) is 18.0. The van der Waals surface area contributed by atoms with Gasteiger partial charge in [-0.1, -0.05) is 24.3 Å². The number of rotatable bonds is 4. The molecule has 2 aromatic carbocycles. The average molecular weight is 336 g/mol. The highest BCUT2D eigenvalue weighted by Gasteiger charge is 2.22. The molecule has 0 saturated carbocycles. The number of carbonyl (C=O) groups is 1. The van der Waals surface area contributed by atoms with E-state index in [1.54, 1.807) is 0 Å². The molecule has 0 bridgehead atoms. The minimum atomic E-state index is 0.112. The summed E-state index contributed by atoms with van der Waals surface area (Å²) in [6, 6.07) is 17.2. The van der Waals surface area contributed by atoms with Gasteiger partial charge in [0.25, 0.3) is 5.91 Å². The number of amides is 1. The molecule has 1 aliphatic heterocycles. The Morgan fingerprint density at radius 2 is 1.52 bits per heavy atom. The topological polar surface area (TPSA) is 23.6 Å². The molecule has 0 spiro atoms. The summed E-state index contributed by atoms with van der Waals surface area (Å²) in [6.07, 6.45) is 1.07. The standard InChI is InChI=1S/C22H28N2O/c1-16(2)24(17(3)4)22(25)19-9-11-21(12-10-19)23-14-13-18-7-5-6-8-20(18)15-23/h5-12,16-17H,13-15H2,1-4H3. The van der Waals surface area contributed by atoms with E-state index in [4.69, 9.17) is 0 Å². The summed E-state index contributed by atoms with van der Waals surface area (Å²) in [4.78, 5) is 17.1. The van der Waals surface area contributed by atoms with Crippen molar-refractivity contribution in [2.45, 2.75) is 52.7 Å². The van der Waals surface area contributed by atoms with Crippen molar-refractivity contribution in [2.75, 3.05) is 11.4 Å². The van der Waals surface area contributed by atoms with E-state index in [0.717, 1.165) is 25.1 Å². The lowest BCUT2D eigenvalue weighted by atomic mass is 9.99. The minimum absolute atomic E-state index is 0.112. The van der Waals surface area contributed by atoms with Crippen molar-refractivity contribution in [3.8, 4) is 0 Å². The summed E-state index contributed by atoms with van der Waals surface area (Å²) in [5, 5.41) is 0. The van der Waals surface area contributed by atoms with Crippen LogP contribution in [0.4, 0.5) is 5.69 Å². The van der Waals surface area contributed by atoms with Gasteiger partial charge >= 0.3 is 0 Å². The van der Waals surface area contributed by atoms with Crippen molar-refractivity contribution in [3.05, 3.63) is 65.2 Å². The lowest BCUT2D eigenvalue weighted by Crippen LogP contribution is -2.42. The molecule has 2 aromatic rings. The van der Waals surface area contributed by atoms with Crippen LogP contribution in [0.15, 0.2) is 48.5 Å². The van der Waals surface area contributed by atoms with Crippen molar-refractivity contribution in [1.82, 2.24) is 4.90 Å². The smallest absolute Gasteiger partial charge is 0.254 e. The summed E-state index contributed by atoms with van der Waals surface area (Å²) in [5.74, 6) is 0.112. The molecular weight excluding hydrogens is 308 g/mol. The molecule has 0 radical (unpaired) electrons. The Bertz CT molecular complexity index is 726. The van der Waals surface area contributed by atoms with Gasteiger partial charge < -0.3 is 9.80 Å². The van der Waals surface area contributed by atoms with Crippen LogP contribution in [0.25, 0.3) is 0 Å². The van der Waals surface area contributed by atoms with Crippen LogP contribution in [-0.4, -0.2) is 29.4 Å². The highest BCUT2D eigenvalue weighted by atomic mass is 16.2. The van der Waals surface area contributed by atoms with Gasteiger partial charge in [-0.15, -0.1) is 0 Å². The van der Waals surface area contributed by atoms with Gasteiger partial charge in [-0.2, -0.15) is 0 Å². The van der Waals surface area contributed by atoms with E-state index in [1.165, 1.54) is 16.8 Å². The fourth-order valence-corrected chi connectivity index (χ4v) is 3.75. The van der Waals surface area contributed by atoms with Crippen molar-refractivity contribution >= 4 is 11.6 Å². The van der Waals surface area contributed by atoms with Crippen molar-refractivity contribution in [1.29, 1.82) is 0 Å². The SMILES string of the molecule is CC(C)N(C(=O)c1ccc(N2CCc3ccccc3C2)cc1)C(C)C. The highest BCUT2D eigenvalue weighted by Crippen LogP contribution is 2.25. The molecule has 3 rings (SSSR count). The molecule has 0 fully saturated rings. The van der Waals surface area contributed by atoms with Crippen LogP contribution in [0.2, 0.25) is 0 Å². The predicted molar refractivity (Wildman–Crippen MR) is 104 cm³/mol. The molecule has 0 saturated heterocycles. The second kappa shape index (κ2) is 7.30. The number of hydrogen-bond donors (Lipinski definition) is 0. The Kier molecular flexibility index (Phi) is 5.12. The average Bonchev–Trinajstić information content (AvgIpc) is 2.61. The monoisotopic (exact) mass is 336 g/mol. The molecule has 0 aliphatic carbocycles. The van der Waals surface area contributed by atoms with Gasteiger partial charge in [0.2, 0.25) is 0 Å². The summed E-state index contributed by atoms with van der Waals surface area (Å²) >= 11 is 0. The first-order valence-corrected chi connectivity index (χ1v) is 9.22. The third-order valence-electron chi connectivity index (χ3n) is 4.96. The summed E-state index contributed by atoms with van der Waals surface area (Å²) in [5.41, 5.74) is 4.81. The minimum Gasteiger partial charge on any atom is -0.367 e. The summed E-state index contributed by atoms with van der Waals surface area (Å²) in [7, 11) is 0. The highest BCUT2D eigenvalue weighted by molar-refractivity contribution is 5.95. The van der Waals surface area contributed by atoms with Crippen molar-refractivity contribution in [3.63, 3.8) is 0 Å². The first-order valence-electron chi connectivity index (χ1n) is 9.22. The number of nitrogens with zero attached hydrogens (tertiary/aromatic N) is 2. The van der Waals surface area contributed by atoms with E-state index in [2.05, 4.69) is 69.0 Å². The van der Waals surface area contributed by atoms with Crippen molar-refractivity contribution < 1.29 is 4.79 Å². The third-order valence-corrected chi connectivity index (χ3v) is 4.96. The Labute approximate surface area is 151 Å². The molecule has 0 aromatic heterocycles. The number of anilines is 1. The van der Waals surface area contributed by atoms with E-state index in [9.17, 15) is 4.79 Å². The normalized spacial score (nSPS) is 13.9. The fraction of sp³-hybridized carbons (Fsp3) is 0.409. The zero-order valence-corrected chi connectivity index (χ0v) is 15.7. The predicted octanol–water partition coefficient (Wildman–Crippen LogP) is 4.51. The van der Waals surface area contributed by atoms with Crippen LogP contribution < -0.4 is 4.90 Å². The summed E-state index contributed by atoms with van der Waals surface area (Å²) < 4.78 is 0. The molecule has 0 N–H and O–H groups in total. The fourth-order valence-electron chi connectivity index (χ4n) is 3.75. The number of carbonyl (C=O) groups excluding carboxylic acids is 1. The lowest BCUT2D eigenvalue weighted by molar-refractivity contribution is 0.0644. The second-order valence-electron chi connectivity index (χ2n) is 7.39. The Morgan fingerprint density at radius 3 is 2.12 bits per heavy atom. The van der Waals surface area contributed by atoms with Gasteiger partial charge in [-0.05, 0) is 69.5 Å². The third kappa shape index (κ3) is 3.71. The van der Waals surface area contributed by atoms with Crippen LogP contribution in [0.1, 0.15) is 49.2 Å². The Balaban J connectivity index is 1.76. The van der Waals surface area contributed by atoms with E-state index in [0.29, 0.717) is 0 Å². The van der Waals surface area contributed by atoms with Crippen LogP contribution in [-0.2, 0) is 13.0 Å². The maximum absolute atomic E-state index is 12.8. The van der Waals surface area contributed by atoms with Crippen LogP contribution >= 0.6 is 0 Å². The van der Waals surface area contributed by atoms with Crippen LogP contribution in [0.5, 0.6) is 0 Å². The molecule has 25 heavy (non-hydrogen) atoms. The maximum Gasteiger partial charge on any atom is 0.254 e. The quantitative estimate of drug-likeness (QED) is 0.820. The van der Waals surface area contributed by atoms with E-state index >= 15 is 0 Å². The molecule has 1 heterocycles. The molecule has 3 nitrogen and oxygen atoms in total. The van der Waals surface area contributed by atoms with E-state index < -0.39 is 0 Å². The maximum atomic E-state index is 12.8. The molecule has 0 unspecified atom stereocenters. The van der Waals surface area contributed by atoms with Crippen LogP contribution in [0, 0.1) is 0 Å². The molecular formula is C22H28N2O. The van der Waals surface area contributed by atoms with Gasteiger partial charge in [-0.25, -0.2) is 0 Å². The molecule has 0 atom stereocenters. The van der Waals surface area contributed by atoms with Gasteiger partial charge in [-0.3, -0.25) is 4.79 Å². The molecule has 132 valence electrons. The first-order chi connectivity index (χ1) is 12.0. The zero-order valence-electron chi connectivity index (χ0n) is 15.7. The van der Waals surface area contributed by atoms with Gasteiger partial charge in [0.15, 0.2) is 0 Å². The van der Waals surface area contributed by atoms with Crippen LogP contribution in [0.3, 0.4) is 0 Å². The van der Waals surface area contributed by atoms with Crippen molar-refractivity contribution in [2.24, 2.45) is 0 Å². The second-order valence-corrected chi connectivity index (χ2v) is 7.39. The molecule has 3 heteroatoms. The largest absolute Gasteiger partial charge is 0.367 e. The van der Waals surface area contributed by atoms with Gasteiger partial charge in [0.1, 0.15) is 0 Å². The van der Waals surface area contributed by atoms with Gasteiger partial charge in [0, 0.05) is 36.4 Å². The van der Waals surface area contributed by atoms with E-state index in [1.807, 2.05) is 17.0 Å². The van der Waals surface area contributed by atoms with Gasteiger partial charge in [0.05, 0.1) is 0 Å². The first kappa shape index (κ1) is 17.5. The Hall–Kier alpha value is -2.29. The lowest BCUT2D eigenvalue weighted by Gasteiger charge is -2.32. The number of benzene rings is 2. The number of fused-ring (bicyclic) bond motifs is 1. The summed E-state index contributed by atoms with van der Waals surface area (Å²) in [6.45, 7) is 10.2.